The zero-order valence-corrected chi connectivity index (χ0v) is 17.5. The van der Waals surface area contributed by atoms with Gasteiger partial charge in [-0.05, 0) is 30.2 Å². The predicted octanol–water partition coefficient (Wildman–Crippen LogP) is 3.08. The molecule has 2 aromatic rings. The van der Waals surface area contributed by atoms with Gasteiger partial charge in [-0.1, -0.05) is 30.3 Å². The van der Waals surface area contributed by atoms with Crippen molar-refractivity contribution in [2.75, 3.05) is 34.5 Å². The summed E-state index contributed by atoms with van der Waals surface area (Å²) in [7, 11) is 4.45. The third-order valence-electron chi connectivity index (χ3n) is 5.22. The van der Waals surface area contributed by atoms with E-state index in [9.17, 15) is 14.7 Å². The molecule has 1 unspecified atom stereocenters. The Morgan fingerprint density at radius 2 is 1.63 bits per heavy atom. The summed E-state index contributed by atoms with van der Waals surface area (Å²) in [4.78, 5) is 27.4. The molecular weight excluding hydrogens is 386 g/mol. The maximum absolute atomic E-state index is 13.1. The lowest BCUT2D eigenvalue weighted by molar-refractivity contribution is -0.140. The van der Waals surface area contributed by atoms with Crippen LogP contribution in [-0.2, 0) is 14.3 Å². The number of likely N-dealkylation sites (tertiary alicyclic amines) is 1. The summed E-state index contributed by atoms with van der Waals surface area (Å²) in [6.07, 6.45) is 0. The van der Waals surface area contributed by atoms with Crippen LogP contribution in [0.25, 0.3) is 5.76 Å². The monoisotopic (exact) mass is 411 g/mol. The summed E-state index contributed by atoms with van der Waals surface area (Å²) in [5.74, 6) is -1.12. The van der Waals surface area contributed by atoms with Crippen molar-refractivity contribution in [1.29, 1.82) is 0 Å². The smallest absolute Gasteiger partial charge is 0.295 e. The second-order valence-corrected chi connectivity index (χ2v) is 6.88. The van der Waals surface area contributed by atoms with Crippen LogP contribution >= 0.6 is 0 Å². The number of hydrogen-bond acceptors (Lipinski definition) is 6. The van der Waals surface area contributed by atoms with Crippen LogP contribution in [0.15, 0.2) is 48.0 Å². The number of hydrogen-bond donors (Lipinski definition) is 1. The van der Waals surface area contributed by atoms with E-state index < -0.39 is 17.7 Å². The van der Waals surface area contributed by atoms with E-state index in [0.717, 1.165) is 11.1 Å². The summed E-state index contributed by atoms with van der Waals surface area (Å²) >= 11 is 0. The molecule has 1 amide bonds. The van der Waals surface area contributed by atoms with E-state index in [1.165, 1.54) is 26.2 Å². The third kappa shape index (κ3) is 3.64. The number of Topliss-reactive ketones (excluding diaryl/α,β-unsaturated/α-hetero) is 1. The van der Waals surface area contributed by atoms with Crippen LogP contribution in [0, 0.1) is 6.92 Å². The maximum Gasteiger partial charge on any atom is 0.295 e. The average molecular weight is 411 g/mol. The first kappa shape index (κ1) is 21.4. The van der Waals surface area contributed by atoms with Gasteiger partial charge >= 0.3 is 0 Å². The lowest BCUT2D eigenvalue weighted by atomic mass is 9.92. The minimum Gasteiger partial charge on any atom is -0.506 e. The van der Waals surface area contributed by atoms with Gasteiger partial charge in [0, 0.05) is 13.7 Å². The molecule has 1 saturated heterocycles. The summed E-state index contributed by atoms with van der Waals surface area (Å²) in [5, 5.41) is 11.3. The van der Waals surface area contributed by atoms with E-state index in [1.807, 2.05) is 31.2 Å². The fourth-order valence-electron chi connectivity index (χ4n) is 3.74. The molecule has 1 N–H and O–H groups in total. The highest BCUT2D eigenvalue weighted by Crippen LogP contribution is 2.43. The van der Waals surface area contributed by atoms with Crippen molar-refractivity contribution in [1.82, 2.24) is 4.90 Å². The summed E-state index contributed by atoms with van der Waals surface area (Å²) in [6.45, 7) is 2.36. The second-order valence-electron chi connectivity index (χ2n) is 6.88. The van der Waals surface area contributed by atoms with Crippen LogP contribution in [0.4, 0.5) is 0 Å². The standard InChI is InChI=1S/C23H25NO6/c1-14-8-5-6-9-15(14)20-19(22(26)23(27)24(20)12-13-28-2)21(25)18-16(29-3)10-7-11-17(18)30-4/h5-11,20,25H,12-13H2,1-4H3/b21-19+. The zero-order valence-electron chi connectivity index (χ0n) is 17.5. The number of amides is 1. The molecule has 1 fully saturated rings. The Balaban J connectivity index is 2.29. The molecule has 1 aliphatic rings. The van der Waals surface area contributed by atoms with E-state index in [2.05, 4.69) is 0 Å². The minimum absolute atomic E-state index is 0.00629. The molecule has 158 valence electrons. The van der Waals surface area contributed by atoms with Gasteiger partial charge in [0.1, 0.15) is 22.8 Å². The Labute approximate surface area is 175 Å². The van der Waals surface area contributed by atoms with Crippen LogP contribution in [0.1, 0.15) is 22.7 Å². The lowest BCUT2D eigenvalue weighted by Gasteiger charge is -2.26. The number of aryl methyl sites for hydroxylation is 1. The second kappa shape index (κ2) is 9.00. The van der Waals surface area contributed by atoms with Crippen LogP contribution in [0.2, 0.25) is 0 Å². The van der Waals surface area contributed by atoms with Crippen molar-refractivity contribution < 1.29 is 28.9 Å². The molecule has 3 rings (SSSR count). The van der Waals surface area contributed by atoms with Crippen molar-refractivity contribution in [3.05, 3.63) is 64.7 Å². The van der Waals surface area contributed by atoms with Gasteiger partial charge in [-0.15, -0.1) is 0 Å². The van der Waals surface area contributed by atoms with Gasteiger partial charge < -0.3 is 24.2 Å². The zero-order chi connectivity index (χ0) is 21.8. The molecule has 0 aliphatic carbocycles. The first-order valence-electron chi connectivity index (χ1n) is 9.50. The van der Waals surface area contributed by atoms with Crippen LogP contribution in [0.3, 0.4) is 0 Å². The van der Waals surface area contributed by atoms with Gasteiger partial charge in [0.2, 0.25) is 0 Å². The molecule has 0 spiro atoms. The van der Waals surface area contributed by atoms with Crippen molar-refractivity contribution in [2.24, 2.45) is 0 Å². The van der Waals surface area contributed by atoms with E-state index in [1.54, 1.807) is 18.2 Å². The molecule has 7 heteroatoms. The first-order valence-corrected chi connectivity index (χ1v) is 9.50. The fourth-order valence-corrected chi connectivity index (χ4v) is 3.74. The maximum atomic E-state index is 13.1. The Kier molecular flexibility index (Phi) is 6.42. The molecular formula is C23H25NO6. The molecule has 0 saturated carbocycles. The lowest BCUT2D eigenvalue weighted by Crippen LogP contribution is -2.33. The van der Waals surface area contributed by atoms with Gasteiger partial charge in [0.15, 0.2) is 0 Å². The van der Waals surface area contributed by atoms with Crippen molar-refractivity contribution in [3.8, 4) is 11.5 Å². The van der Waals surface area contributed by atoms with E-state index in [0.29, 0.717) is 11.5 Å². The molecule has 30 heavy (non-hydrogen) atoms. The number of ketones is 1. The molecule has 7 nitrogen and oxygen atoms in total. The van der Waals surface area contributed by atoms with Gasteiger partial charge in [0.05, 0.1) is 32.4 Å². The number of carbonyl (C=O) groups is 2. The number of benzene rings is 2. The highest BCUT2D eigenvalue weighted by atomic mass is 16.5. The quantitative estimate of drug-likeness (QED) is 0.428. The number of aliphatic hydroxyl groups excluding tert-OH is 1. The highest BCUT2D eigenvalue weighted by Gasteiger charge is 2.46. The van der Waals surface area contributed by atoms with Gasteiger partial charge in [-0.25, -0.2) is 0 Å². The summed E-state index contributed by atoms with van der Waals surface area (Å²) in [6, 6.07) is 11.7. The normalized spacial score (nSPS) is 18.0. The fraction of sp³-hybridized carbons (Fsp3) is 0.304. The van der Waals surface area contributed by atoms with Crippen LogP contribution in [0.5, 0.6) is 11.5 Å². The molecule has 1 atom stereocenters. The number of ether oxygens (including phenoxy) is 3. The Bertz CT molecular complexity index is 975. The van der Waals surface area contributed by atoms with Crippen LogP contribution < -0.4 is 9.47 Å². The van der Waals surface area contributed by atoms with Gasteiger partial charge in [-0.2, -0.15) is 0 Å². The molecule has 1 aliphatic heterocycles. The molecule has 2 aromatic carbocycles. The number of methoxy groups -OCH3 is 3. The number of nitrogens with zero attached hydrogens (tertiary/aromatic N) is 1. The summed E-state index contributed by atoms with van der Waals surface area (Å²) < 4.78 is 15.9. The van der Waals surface area contributed by atoms with Crippen LogP contribution in [-0.4, -0.2) is 56.2 Å². The third-order valence-corrected chi connectivity index (χ3v) is 5.22. The highest BCUT2D eigenvalue weighted by molar-refractivity contribution is 6.46. The average Bonchev–Trinajstić information content (AvgIpc) is 3.01. The van der Waals surface area contributed by atoms with Crippen molar-refractivity contribution in [3.63, 3.8) is 0 Å². The Morgan fingerprint density at radius 3 is 2.20 bits per heavy atom. The molecule has 0 radical (unpaired) electrons. The number of rotatable bonds is 7. The van der Waals surface area contributed by atoms with Crippen molar-refractivity contribution >= 4 is 17.4 Å². The number of aliphatic hydroxyl groups is 1. The van der Waals surface area contributed by atoms with E-state index in [-0.39, 0.29) is 30.0 Å². The SMILES string of the molecule is COCCN1C(=O)C(=O)/C(=C(/O)c2c(OC)cccc2OC)C1c1ccccc1C. The van der Waals surface area contributed by atoms with E-state index in [4.69, 9.17) is 14.2 Å². The Hall–Kier alpha value is -3.32. The van der Waals surface area contributed by atoms with Crippen molar-refractivity contribution in [2.45, 2.75) is 13.0 Å². The van der Waals surface area contributed by atoms with Gasteiger partial charge in [-0.3, -0.25) is 9.59 Å². The largest absolute Gasteiger partial charge is 0.506 e. The molecule has 1 heterocycles. The van der Waals surface area contributed by atoms with E-state index >= 15 is 0 Å². The Morgan fingerprint density at radius 1 is 1.00 bits per heavy atom. The summed E-state index contributed by atoms with van der Waals surface area (Å²) in [5.41, 5.74) is 1.87. The molecule has 0 bridgehead atoms. The predicted molar refractivity (Wildman–Crippen MR) is 112 cm³/mol. The first-order chi connectivity index (χ1) is 14.5. The molecule has 0 aromatic heterocycles. The van der Waals surface area contributed by atoms with Gasteiger partial charge in [0.25, 0.3) is 11.7 Å². The topological polar surface area (TPSA) is 85.3 Å². The minimum atomic E-state index is -0.759. The number of carbonyl (C=O) groups excluding carboxylic acids is 2.